The molecule has 0 fully saturated rings. The van der Waals surface area contributed by atoms with Gasteiger partial charge in [-0.2, -0.15) is 0 Å². The minimum atomic E-state index is -1.12. The predicted octanol–water partition coefficient (Wildman–Crippen LogP) is 2.28. The smallest absolute Gasteiger partial charge is 0.321 e. The van der Waals surface area contributed by atoms with Crippen molar-refractivity contribution in [2.24, 2.45) is 5.92 Å². The molecule has 0 radical (unpaired) electrons. The summed E-state index contributed by atoms with van der Waals surface area (Å²) in [5.74, 6) is -2.15. The maximum Gasteiger partial charge on any atom is 0.321 e. The monoisotopic (exact) mass is 327 g/mol. The van der Waals surface area contributed by atoms with Crippen LogP contribution in [0.1, 0.15) is 28.9 Å². The Bertz CT molecular complexity index is 672. The molecule has 0 heterocycles. The molecule has 3 N–H and O–H groups in total. The highest BCUT2D eigenvalue weighted by molar-refractivity contribution is 6.00. The number of carboxylic acid groups (broad SMARTS) is 1. The maximum absolute atomic E-state index is 12.5. The number of aliphatic hydroxyl groups excluding tert-OH is 1. The third kappa shape index (κ3) is 4.28. The van der Waals surface area contributed by atoms with Crippen LogP contribution in [-0.4, -0.2) is 34.6 Å². The molecular formula is C19H21NO4. The molecule has 0 saturated carbocycles. The fraction of sp³-hybridized carbons (Fsp3) is 0.263. The number of carbonyl (C=O) groups is 2. The van der Waals surface area contributed by atoms with E-state index in [4.69, 9.17) is 0 Å². The van der Waals surface area contributed by atoms with Gasteiger partial charge in [-0.1, -0.05) is 67.6 Å². The summed E-state index contributed by atoms with van der Waals surface area (Å²) in [7, 11) is 0. The number of aliphatic hydroxyl groups is 1. The number of Topliss-reactive ketones (excluding diaryl/α,β-unsaturated/α-hetero) is 1. The van der Waals surface area contributed by atoms with E-state index in [2.05, 4.69) is 5.32 Å². The Morgan fingerprint density at radius 2 is 1.54 bits per heavy atom. The molecule has 2 rings (SSSR count). The first-order chi connectivity index (χ1) is 11.5. The average molecular weight is 327 g/mol. The molecule has 0 unspecified atom stereocenters. The van der Waals surface area contributed by atoms with Crippen molar-refractivity contribution in [1.29, 1.82) is 0 Å². The molecule has 0 bridgehead atoms. The average Bonchev–Trinajstić information content (AvgIpc) is 2.62. The molecule has 0 spiro atoms. The van der Waals surface area contributed by atoms with E-state index < -0.39 is 24.0 Å². The van der Waals surface area contributed by atoms with E-state index in [1.807, 2.05) is 18.2 Å². The minimum Gasteiger partial charge on any atom is -0.480 e. The lowest BCUT2D eigenvalue weighted by Gasteiger charge is -2.26. The third-order valence-electron chi connectivity index (χ3n) is 4.00. The normalized spacial score (nSPS) is 14.6. The highest BCUT2D eigenvalue weighted by Crippen LogP contribution is 2.18. The molecule has 0 aliphatic carbocycles. The number of hydrogen-bond donors (Lipinski definition) is 3. The van der Waals surface area contributed by atoms with Gasteiger partial charge >= 0.3 is 5.97 Å². The van der Waals surface area contributed by atoms with Crippen LogP contribution in [0.2, 0.25) is 0 Å². The van der Waals surface area contributed by atoms with Crippen LogP contribution in [-0.2, 0) is 4.79 Å². The zero-order valence-corrected chi connectivity index (χ0v) is 13.4. The third-order valence-corrected chi connectivity index (χ3v) is 4.00. The molecule has 24 heavy (non-hydrogen) atoms. The number of nitrogens with one attached hydrogen (secondary N) is 1. The second-order valence-corrected chi connectivity index (χ2v) is 5.65. The van der Waals surface area contributed by atoms with Crippen molar-refractivity contribution >= 4 is 11.8 Å². The summed E-state index contributed by atoms with van der Waals surface area (Å²) < 4.78 is 0. The molecule has 0 saturated heterocycles. The van der Waals surface area contributed by atoms with E-state index in [0.29, 0.717) is 5.56 Å². The molecule has 5 nitrogen and oxygen atoms in total. The topological polar surface area (TPSA) is 86.6 Å². The fourth-order valence-electron chi connectivity index (χ4n) is 2.60. The summed E-state index contributed by atoms with van der Waals surface area (Å²) in [4.78, 5) is 24.2. The van der Waals surface area contributed by atoms with E-state index >= 15 is 0 Å². The highest BCUT2D eigenvalue weighted by atomic mass is 16.4. The molecule has 2 aromatic rings. The zero-order chi connectivity index (χ0) is 17.5. The maximum atomic E-state index is 12.5. The van der Waals surface area contributed by atoms with Crippen molar-refractivity contribution in [3.05, 3.63) is 71.8 Å². The van der Waals surface area contributed by atoms with Gasteiger partial charge in [0.2, 0.25) is 0 Å². The summed E-state index contributed by atoms with van der Waals surface area (Å²) in [6, 6.07) is 16.0. The van der Waals surface area contributed by atoms with Gasteiger partial charge in [-0.05, 0) is 5.56 Å². The Balaban J connectivity index is 2.19. The number of benzene rings is 2. The van der Waals surface area contributed by atoms with Gasteiger partial charge in [-0.3, -0.25) is 14.9 Å². The van der Waals surface area contributed by atoms with Crippen molar-refractivity contribution < 1.29 is 19.8 Å². The SMILES string of the molecule is C[C@@H](C(=O)c1ccccc1)[C@H](N[C@@H](CO)c1ccccc1)C(=O)O. The molecular weight excluding hydrogens is 306 g/mol. The van der Waals surface area contributed by atoms with Crippen LogP contribution in [0.4, 0.5) is 0 Å². The first-order valence-electron chi connectivity index (χ1n) is 7.78. The Morgan fingerprint density at radius 1 is 1.00 bits per heavy atom. The molecule has 5 heteroatoms. The molecule has 3 atom stereocenters. The first kappa shape index (κ1) is 17.8. The number of hydrogen-bond acceptors (Lipinski definition) is 4. The number of rotatable bonds is 8. The second kappa shape index (κ2) is 8.38. The lowest BCUT2D eigenvalue weighted by atomic mass is 9.91. The van der Waals surface area contributed by atoms with E-state index in [1.165, 1.54) is 0 Å². The Hall–Kier alpha value is -2.50. The zero-order valence-electron chi connectivity index (χ0n) is 13.4. The summed E-state index contributed by atoms with van der Waals surface area (Å²) >= 11 is 0. The fourth-order valence-corrected chi connectivity index (χ4v) is 2.60. The van der Waals surface area contributed by atoms with Crippen LogP contribution in [0.25, 0.3) is 0 Å². The number of carboxylic acids is 1. The van der Waals surface area contributed by atoms with Crippen molar-refractivity contribution in [3.8, 4) is 0 Å². The van der Waals surface area contributed by atoms with Gasteiger partial charge in [0.05, 0.1) is 12.6 Å². The number of ketones is 1. The van der Waals surface area contributed by atoms with Gasteiger partial charge in [0, 0.05) is 11.5 Å². The first-order valence-corrected chi connectivity index (χ1v) is 7.78. The highest BCUT2D eigenvalue weighted by Gasteiger charge is 2.32. The van der Waals surface area contributed by atoms with Crippen molar-refractivity contribution in [2.75, 3.05) is 6.61 Å². The van der Waals surface area contributed by atoms with E-state index in [-0.39, 0.29) is 12.4 Å². The number of aliphatic carboxylic acids is 1. The van der Waals surface area contributed by atoms with Crippen molar-refractivity contribution in [3.63, 3.8) is 0 Å². The van der Waals surface area contributed by atoms with Crippen molar-refractivity contribution in [1.82, 2.24) is 5.32 Å². The van der Waals surface area contributed by atoms with Gasteiger partial charge in [-0.15, -0.1) is 0 Å². The van der Waals surface area contributed by atoms with E-state index in [9.17, 15) is 19.8 Å². The molecule has 0 aliphatic rings. The minimum absolute atomic E-state index is 0.250. The van der Waals surface area contributed by atoms with Crippen LogP contribution in [0.15, 0.2) is 60.7 Å². The number of carbonyl (C=O) groups excluding carboxylic acids is 1. The van der Waals surface area contributed by atoms with Crippen LogP contribution >= 0.6 is 0 Å². The van der Waals surface area contributed by atoms with E-state index in [0.717, 1.165) is 5.56 Å². The van der Waals surface area contributed by atoms with E-state index in [1.54, 1.807) is 49.4 Å². The molecule has 0 aliphatic heterocycles. The molecule has 2 aromatic carbocycles. The predicted molar refractivity (Wildman–Crippen MR) is 90.8 cm³/mol. The lowest BCUT2D eigenvalue weighted by molar-refractivity contribution is -0.140. The summed E-state index contributed by atoms with van der Waals surface area (Å²) in [6.45, 7) is 1.32. The van der Waals surface area contributed by atoms with Crippen LogP contribution in [0, 0.1) is 5.92 Å². The lowest BCUT2D eigenvalue weighted by Crippen LogP contribution is -2.47. The van der Waals surface area contributed by atoms with Crippen LogP contribution in [0.3, 0.4) is 0 Å². The standard InChI is InChI=1S/C19H21NO4/c1-13(18(22)15-10-6-3-7-11-15)17(19(23)24)20-16(12-21)14-8-4-2-5-9-14/h2-11,13,16-17,20-21H,12H2,1H3,(H,23,24)/t13-,16+,17+/m1/s1. The quantitative estimate of drug-likeness (QED) is 0.648. The molecule has 0 aromatic heterocycles. The largest absolute Gasteiger partial charge is 0.480 e. The summed E-state index contributed by atoms with van der Waals surface area (Å²) in [5, 5.41) is 22.0. The van der Waals surface area contributed by atoms with Crippen LogP contribution < -0.4 is 5.32 Å². The van der Waals surface area contributed by atoms with Crippen LogP contribution in [0.5, 0.6) is 0 Å². The molecule has 126 valence electrons. The van der Waals surface area contributed by atoms with Crippen molar-refractivity contribution in [2.45, 2.75) is 19.0 Å². The van der Waals surface area contributed by atoms with Gasteiger partial charge in [-0.25, -0.2) is 0 Å². The van der Waals surface area contributed by atoms with Gasteiger partial charge in [0.1, 0.15) is 6.04 Å². The van der Waals surface area contributed by atoms with Gasteiger partial charge in [0.25, 0.3) is 0 Å². The van der Waals surface area contributed by atoms with Gasteiger partial charge < -0.3 is 10.2 Å². The Kier molecular flexibility index (Phi) is 6.23. The van der Waals surface area contributed by atoms with Gasteiger partial charge in [0.15, 0.2) is 5.78 Å². The summed E-state index contributed by atoms with van der Waals surface area (Å²) in [6.07, 6.45) is 0. The second-order valence-electron chi connectivity index (χ2n) is 5.65. The Labute approximate surface area is 141 Å². The molecule has 0 amide bonds. The Morgan fingerprint density at radius 3 is 2.04 bits per heavy atom. The summed E-state index contributed by atoms with van der Waals surface area (Å²) in [5.41, 5.74) is 1.24.